The molecular weight excluding hydrogens is 355 g/mol. The Labute approximate surface area is 161 Å². The Bertz CT molecular complexity index is 630. The van der Waals surface area contributed by atoms with Gasteiger partial charge in [0.15, 0.2) is 0 Å². The highest BCUT2D eigenvalue weighted by Gasteiger charge is 2.15. The van der Waals surface area contributed by atoms with E-state index in [1.807, 2.05) is 56.6 Å². The number of nitrogens with one attached hydrogen (secondary N) is 1. The molecule has 1 unspecified atom stereocenters. The summed E-state index contributed by atoms with van der Waals surface area (Å²) >= 11 is 5.97. The van der Waals surface area contributed by atoms with Crippen LogP contribution in [-0.2, 0) is 11.2 Å². The minimum absolute atomic E-state index is 0. The van der Waals surface area contributed by atoms with Crippen molar-refractivity contribution in [3.8, 4) is 0 Å². The highest BCUT2D eigenvalue weighted by molar-refractivity contribution is 6.30. The lowest BCUT2D eigenvalue weighted by Gasteiger charge is -2.21. The summed E-state index contributed by atoms with van der Waals surface area (Å²) in [6.07, 6.45) is 2.12. The van der Waals surface area contributed by atoms with Gasteiger partial charge in [-0.15, -0.1) is 12.4 Å². The van der Waals surface area contributed by atoms with Gasteiger partial charge in [0.1, 0.15) is 0 Å². The number of aryl methyl sites for hydroxylation is 1. The summed E-state index contributed by atoms with van der Waals surface area (Å²) < 4.78 is 0. The van der Waals surface area contributed by atoms with Gasteiger partial charge >= 0.3 is 0 Å². The molecule has 3 nitrogen and oxygen atoms in total. The van der Waals surface area contributed by atoms with E-state index in [-0.39, 0.29) is 24.4 Å². The van der Waals surface area contributed by atoms with E-state index in [0.717, 1.165) is 24.9 Å². The van der Waals surface area contributed by atoms with Gasteiger partial charge in [-0.2, -0.15) is 0 Å². The zero-order valence-electron chi connectivity index (χ0n) is 14.7. The Morgan fingerprint density at radius 2 is 1.72 bits per heavy atom. The Morgan fingerprint density at radius 1 is 1.08 bits per heavy atom. The quantitative estimate of drug-likeness (QED) is 0.730. The van der Waals surface area contributed by atoms with Crippen LogP contribution in [0.4, 0.5) is 0 Å². The maximum absolute atomic E-state index is 12.4. The van der Waals surface area contributed by atoms with Crippen molar-refractivity contribution in [1.29, 1.82) is 0 Å². The number of hydrogen-bond donors (Lipinski definition) is 1. The zero-order chi connectivity index (χ0) is 17.4. The van der Waals surface area contributed by atoms with Crippen molar-refractivity contribution in [2.75, 3.05) is 20.6 Å². The van der Waals surface area contributed by atoms with E-state index in [1.54, 1.807) is 0 Å². The highest BCUT2D eigenvalue weighted by atomic mass is 35.5. The Morgan fingerprint density at radius 3 is 2.32 bits per heavy atom. The summed E-state index contributed by atoms with van der Waals surface area (Å²) in [7, 11) is 4.08. The predicted octanol–water partition coefficient (Wildman–Crippen LogP) is 4.50. The topological polar surface area (TPSA) is 32.3 Å². The summed E-state index contributed by atoms with van der Waals surface area (Å²) in [6.45, 7) is 0.909. The SMILES string of the molecule is CN(C)CCC(NC(=O)CCc1ccccc1)c1ccc(Cl)cc1.Cl. The van der Waals surface area contributed by atoms with Crippen molar-refractivity contribution < 1.29 is 4.79 Å². The number of rotatable bonds is 8. The fraction of sp³-hybridized carbons (Fsp3) is 0.350. The normalized spacial score (nSPS) is 11.7. The van der Waals surface area contributed by atoms with Crippen LogP contribution >= 0.6 is 24.0 Å². The zero-order valence-corrected chi connectivity index (χ0v) is 16.3. The number of carbonyl (C=O) groups is 1. The third kappa shape index (κ3) is 7.91. The van der Waals surface area contributed by atoms with Crippen LogP contribution in [0.5, 0.6) is 0 Å². The molecule has 2 aromatic rings. The van der Waals surface area contributed by atoms with Crippen LogP contribution in [-0.4, -0.2) is 31.4 Å². The first kappa shape index (κ1) is 21.5. The molecule has 0 fully saturated rings. The number of amides is 1. The van der Waals surface area contributed by atoms with Crippen LogP contribution < -0.4 is 5.32 Å². The molecule has 0 radical (unpaired) electrons. The number of carbonyl (C=O) groups excluding carboxylic acids is 1. The maximum atomic E-state index is 12.4. The van der Waals surface area contributed by atoms with E-state index in [4.69, 9.17) is 11.6 Å². The van der Waals surface area contributed by atoms with E-state index in [1.165, 1.54) is 5.56 Å². The van der Waals surface area contributed by atoms with E-state index in [9.17, 15) is 4.79 Å². The molecule has 0 aromatic heterocycles. The Hall–Kier alpha value is -1.55. The molecule has 2 aromatic carbocycles. The van der Waals surface area contributed by atoms with Gasteiger partial charge in [-0.05, 0) is 56.7 Å². The Balaban J connectivity index is 0.00000312. The van der Waals surface area contributed by atoms with Crippen LogP contribution in [0.3, 0.4) is 0 Å². The molecular formula is C20H26Cl2N2O. The Kier molecular flexibility index (Phi) is 9.58. The van der Waals surface area contributed by atoms with Crippen LogP contribution in [0.1, 0.15) is 30.0 Å². The first-order valence-corrected chi connectivity index (χ1v) is 8.66. The molecule has 1 amide bonds. The fourth-order valence-electron chi connectivity index (χ4n) is 2.57. The van der Waals surface area contributed by atoms with Gasteiger partial charge < -0.3 is 10.2 Å². The first-order valence-electron chi connectivity index (χ1n) is 8.28. The fourth-order valence-corrected chi connectivity index (χ4v) is 2.70. The molecule has 0 aliphatic rings. The second-order valence-electron chi connectivity index (χ2n) is 6.25. The molecule has 2 rings (SSSR count). The minimum Gasteiger partial charge on any atom is -0.349 e. The van der Waals surface area contributed by atoms with E-state index < -0.39 is 0 Å². The van der Waals surface area contributed by atoms with Crippen molar-refractivity contribution >= 4 is 29.9 Å². The van der Waals surface area contributed by atoms with Gasteiger partial charge in [-0.3, -0.25) is 4.79 Å². The van der Waals surface area contributed by atoms with Gasteiger partial charge in [-0.25, -0.2) is 0 Å². The average molecular weight is 381 g/mol. The molecule has 1 atom stereocenters. The van der Waals surface area contributed by atoms with Crippen molar-refractivity contribution in [1.82, 2.24) is 10.2 Å². The molecule has 0 saturated carbocycles. The van der Waals surface area contributed by atoms with Crippen molar-refractivity contribution in [2.24, 2.45) is 0 Å². The summed E-state index contributed by atoms with van der Waals surface area (Å²) in [5, 5.41) is 3.88. The summed E-state index contributed by atoms with van der Waals surface area (Å²) in [5.74, 6) is 0.0811. The summed E-state index contributed by atoms with van der Waals surface area (Å²) in [4.78, 5) is 14.5. The van der Waals surface area contributed by atoms with Gasteiger partial charge in [0.2, 0.25) is 5.91 Å². The van der Waals surface area contributed by atoms with E-state index >= 15 is 0 Å². The van der Waals surface area contributed by atoms with Crippen molar-refractivity contribution in [3.05, 3.63) is 70.7 Å². The van der Waals surface area contributed by atoms with Crippen LogP contribution in [0.25, 0.3) is 0 Å². The number of nitrogens with zero attached hydrogens (tertiary/aromatic N) is 1. The molecule has 0 heterocycles. The molecule has 25 heavy (non-hydrogen) atoms. The smallest absolute Gasteiger partial charge is 0.220 e. The van der Waals surface area contributed by atoms with Gasteiger partial charge in [0.25, 0.3) is 0 Å². The molecule has 136 valence electrons. The molecule has 0 aliphatic carbocycles. The number of hydrogen-bond acceptors (Lipinski definition) is 2. The molecule has 0 spiro atoms. The second-order valence-corrected chi connectivity index (χ2v) is 6.69. The number of halogens is 2. The highest BCUT2D eigenvalue weighted by Crippen LogP contribution is 2.20. The third-order valence-electron chi connectivity index (χ3n) is 3.96. The van der Waals surface area contributed by atoms with E-state index in [0.29, 0.717) is 11.4 Å². The van der Waals surface area contributed by atoms with Crippen molar-refractivity contribution in [3.63, 3.8) is 0 Å². The minimum atomic E-state index is 0. The van der Waals surface area contributed by atoms with Gasteiger partial charge in [0, 0.05) is 11.4 Å². The van der Waals surface area contributed by atoms with Crippen molar-refractivity contribution in [2.45, 2.75) is 25.3 Å². The molecule has 0 bridgehead atoms. The van der Waals surface area contributed by atoms with Crippen LogP contribution in [0, 0.1) is 0 Å². The lowest BCUT2D eigenvalue weighted by molar-refractivity contribution is -0.121. The monoisotopic (exact) mass is 380 g/mol. The molecule has 0 saturated heterocycles. The predicted molar refractivity (Wildman–Crippen MR) is 108 cm³/mol. The summed E-state index contributed by atoms with van der Waals surface area (Å²) in [5.41, 5.74) is 2.28. The van der Waals surface area contributed by atoms with Gasteiger partial charge in [0.05, 0.1) is 6.04 Å². The average Bonchev–Trinajstić information content (AvgIpc) is 2.58. The van der Waals surface area contributed by atoms with Gasteiger partial charge in [-0.1, -0.05) is 54.1 Å². The first-order chi connectivity index (χ1) is 11.5. The lowest BCUT2D eigenvalue weighted by Crippen LogP contribution is -2.31. The number of benzene rings is 2. The second kappa shape index (κ2) is 11.1. The van der Waals surface area contributed by atoms with E-state index in [2.05, 4.69) is 22.3 Å². The maximum Gasteiger partial charge on any atom is 0.220 e. The third-order valence-corrected chi connectivity index (χ3v) is 4.21. The lowest BCUT2D eigenvalue weighted by atomic mass is 10.0. The van der Waals surface area contributed by atoms with Crippen LogP contribution in [0.15, 0.2) is 54.6 Å². The molecule has 5 heteroatoms. The largest absolute Gasteiger partial charge is 0.349 e. The summed E-state index contributed by atoms with van der Waals surface area (Å²) in [6, 6.07) is 17.8. The standard InChI is InChI=1S/C20H25ClN2O.ClH/c1-23(2)15-14-19(17-9-11-18(21)12-10-17)22-20(24)13-8-16-6-4-3-5-7-16;/h3-7,9-12,19H,8,13-15H2,1-2H3,(H,22,24);1H. The molecule has 0 aliphatic heterocycles. The molecule has 1 N–H and O–H groups in total. The van der Waals surface area contributed by atoms with Crippen LogP contribution in [0.2, 0.25) is 5.02 Å².